The molecule has 90 valence electrons. The molecule has 16 heavy (non-hydrogen) atoms. The second-order valence-corrected chi connectivity index (χ2v) is 7.19. The van der Waals surface area contributed by atoms with E-state index < -0.39 is 15.9 Å². The first kappa shape index (κ1) is 12.1. The van der Waals surface area contributed by atoms with E-state index in [9.17, 15) is 13.5 Å². The van der Waals surface area contributed by atoms with Crippen molar-refractivity contribution in [2.75, 3.05) is 11.5 Å². The van der Waals surface area contributed by atoms with Crippen molar-refractivity contribution < 1.29 is 13.5 Å². The van der Waals surface area contributed by atoms with Gasteiger partial charge in [0.2, 0.25) is 0 Å². The first-order chi connectivity index (χ1) is 7.41. The molecule has 5 nitrogen and oxygen atoms in total. The van der Waals surface area contributed by atoms with Gasteiger partial charge in [-0.3, -0.25) is 4.68 Å². The van der Waals surface area contributed by atoms with Crippen LogP contribution in [0.3, 0.4) is 0 Å². The van der Waals surface area contributed by atoms with Crippen LogP contribution in [0, 0.1) is 5.92 Å². The largest absolute Gasteiger partial charge is 0.386 e. The summed E-state index contributed by atoms with van der Waals surface area (Å²) in [4.78, 5) is 0. The Morgan fingerprint density at radius 3 is 2.81 bits per heavy atom. The van der Waals surface area contributed by atoms with Gasteiger partial charge in [0.1, 0.15) is 6.10 Å². The van der Waals surface area contributed by atoms with Crippen LogP contribution in [-0.2, 0) is 16.9 Å². The normalized spacial score (nSPS) is 25.8. The number of sulfone groups is 1. The molecule has 0 aliphatic carbocycles. The van der Waals surface area contributed by atoms with Crippen molar-refractivity contribution in [2.24, 2.45) is 13.0 Å². The summed E-state index contributed by atoms with van der Waals surface area (Å²) in [5.41, 5.74) is 0.641. The molecular formula is C9H13BrN2O3S. The van der Waals surface area contributed by atoms with Gasteiger partial charge in [-0.25, -0.2) is 8.42 Å². The number of aliphatic hydroxyl groups is 1. The molecule has 0 amide bonds. The Balaban J connectivity index is 2.24. The third-order valence-corrected chi connectivity index (χ3v) is 5.34. The lowest BCUT2D eigenvalue weighted by Gasteiger charge is -2.17. The highest BCUT2D eigenvalue weighted by Crippen LogP contribution is 2.34. The second-order valence-electron chi connectivity index (χ2n) is 4.11. The van der Waals surface area contributed by atoms with Crippen LogP contribution < -0.4 is 0 Å². The number of aromatic nitrogens is 2. The van der Waals surface area contributed by atoms with Crippen LogP contribution in [0.15, 0.2) is 10.7 Å². The molecule has 2 rings (SSSR count). The number of hydrogen-bond donors (Lipinski definition) is 1. The number of aliphatic hydroxyl groups excluding tert-OH is 1. The predicted octanol–water partition coefficient (Wildman–Crippen LogP) is 0.651. The van der Waals surface area contributed by atoms with Crippen LogP contribution in [0.1, 0.15) is 18.2 Å². The quantitative estimate of drug-likeness (QED) is 0.871. The van der Waals surface area contributed by atoms with Crippen LogP contribution in [-0.4, -0.2) is 34.8 Å². The third-order valence-electron chi connectivity index (χ3n) is 2.93. The Bertz CT molecular complexity index is 477. The summed E-state index contributed by atoms with van der Waals surface area (Å²) >= 11 is 3.30. The van der Waals surface area contributed by atoms with Gasteiger partial charge in [-0.15, -0.1) is 0 Å². The molecule has 0 spiro atoms. The molecule has 0 radical (unpaired) electrons. The summed E-state index contributed by atoms with van der Waals surface area (Å²) in [5.74, 6) is 0.00685. The van der Waals surface area contributed by atoms with E-state index in [4.69, 9.17) is 0 Å². The van der Waals surface area contributed by atoms with Crippen LogP contribution in [0.4, 0.5) is 0 Å². The molecule has 1 aliphatic rings. The lowest BCUT2D eigenvalue weighted by Crippen LogP contribution is -2.17. The Hall–Kier alpha value is -0.400. The molecule has 7 heteroatoms. The SMILES string of the molecule is Cn1ncc(Br)c1C(O)C1CCS(=O)(=O)C1. The molecule has 2 atom stereocenters. The molecule has 0 saturated carbocycles. The van der Waals surface area contributed by atoms with E-state index >= 15 is 0 Å². The van der Waals surface area contributed by atoms with Crippen molar-refractivity contribution in [1.29, 1.82) is 0 Å². The maximum Gasteiger partial charge on any atom is 0.150 e. The predicted molar refractivity (Wildman–Crippen MR) is 62.6 cm³/mol. The van der Waals surface area contributed by atoms with Crippen molar-refractivity contribution in [1.82, 2.24) is 9.78 Å². The second kappa shape index (κ2) is 4.12. The van der Waals surface area contributed by atoms with Crippen LogP contribution in [0.5, 0.6) is 0 Å². The van der Waals surface area contributed by atoms with Gasteiger partial charge >= 0.3 is 0 Å². The summed E-state index contributed by atoms with van der Waals surface area (Å²) in [6.45, 7) is 0. The van der Waals surface area contributed by atoms with Crippen molar-refractivity contribution in [3.63, 3.8) is 0 Å². The van der Waals surface area contributed by atoms with Crippen LogP contribution >= 0.6 is 15.9 Å². The highest BCUT2D eigenvalue weighted by molar-refractivity contribution is 9.10. The van der Waals surface area contributed by atoms with E-state index in [1.807, 2.05) is 0 Å². The molecule has 1 aromatic heterocycles. The fraction of sp³-hybridized carbons (Fsp3) is 0.667. The summed E-state index contributed by atoms with van der Waals surface area (Å²) in [7, 11) is -1.23. The zero-order valence-corrected chi connectivity index (χ0v) is 11.2. The van der Waals surface area contributed by atoms with Crippen molar-refractivity contribution in [2.45, 2.75) is 12.5 Å². The standard InChI is InChI=1S/C9H13BrN2O3S/c1-12-8(7(10)4-11-12)9(13)6-2-3-16(14,15)5-6/h4,6,9,13H,2-3,5H2,1H3. The van der Waals surface area contributed by atoms with Gasteiger partial charge in [0.05, 0.1) is 27.9 Å². The fourth-order valence-electron chi connectivity index (χ4n) is 2.05. The van der Waals surface area contributed by atoms with E-state index in [0.717, 1.165) is 0 Å². The molecular weight excluding hydrogens is 296 g/mol. The van der Waals surface area contributed by atoms with E-state index in [0.29, 0.717) is 16.6 Å². The van der Waals surface area contributed by atoms with Gasteiger partial charge in [0.25, 0.3) is 0 Å². The number of nitrogens with zero attached hydrogens (tertiary/aromatic N) is 2. The number of hydrogen-bond acceptors (Lipinski definition) is 4. The first-order valence-electron chi connectivity index (χ1n) is 4.96. The lowest BCUT2D eigenvalue weighted by atomic mass is 9.99. The molecule has 1 aromatic rings. The van der Waals surface area contributed by atoms with Gasteiger partial charge < -0.3 is 5.11 Å². The minimum atomic E-state index is -2.96. The Morgan fingerprint density at radius 1 is 1.69 bits per heavy atom. The average Bonchev–Trinajstić information content (AvgIpc) is 2.70. The molecule has 1 fully saturated rings. The topological polar surface area (TPSA) is 72.2 Å². The number of aryl methyl sites for hydroxylation is 1. The van der Waals surface area contributed by atoms with E-state index in [2.05, 4.69) is 21.0 Å². The highest BCUT2D eigenvalue weighted by Gasteiger charge is 2.35. The highest BCUT2D eigenvalue weighted by atomic mass is 79.9. The van der Waals surface area contributed by atoms with Crippen LogP contribution in [0.2, 0.25) is 0 Å². The van der Waals surface area contributed by atoms with Gasteiger partial charge in [-0.2, -0.15) is 5.10 Å². The van der Waals surface area contributed by atoms with Gasteiger partial charge in [-0.05, 0) is 22.4 Å². The van der Waals surface area contributed by atoms with Crippen LogP contribution in [0.25, 0.3) is 0 Å². The summed E-state index contributed by atoms with van der Waals surface area (Å²) in [6.07, 6.45) is 1.34. The maximum atomic E-state index is 11.3. The van der Waals surface area contributed by atoms with Gasteiger partial charge in [0, 0.05) is 13.0 Å². The monoisotopic (exact) mass is 308 g/mol. The molecule has 1 saturated heterocycles. The van der Waals surface area contributed by atoms with Gasteiger partial charge in [-0.1, -0.05) is 0 Å². The molecule has 1 aliphatic heterocycles. The summed E-state index contributed by atoms with van der Waals surface area (Å²) < 4.78 is 25.0. The zero-order chi connectivity index (χ0) is 11.9. The van der Waals surface area contributed by atoms with Crippen molar-refractivity contribution in [3.05, 3.63) is 16.4 Å². The maximum absolute atomic E-state index is 11.3. The van der Waals surface area contributed by atoms with E-state index in [1.54, 1.807) is 17.9 Å². The Kier molecular flexibility index (Phi) is 3.11. The zero-order valence-electron chi connectivity index (χ0n) is 8.80. The lowest BCUT2D eigenvalue weighted by molar-refractivity contribution is 0.112. The fourth-order valence-corrected chi connectivity index (χ4v) is 4.46. The molecule has 1 N–H and O–H groups in total. The van der Waals surface area contributed by atoms with Crippen molar-refractivity contribution >= 4 is 25.8 Å². The smallest absolute Gasteiger partial charge is 0.150 e. The summed E-state index contributed by atoms with van der Waals surface area (Å²) in [6, 6.07) is 0. The minimum Gasteiger partial charge on any atom is -0.386 e. The molecule has 2 heterocycles. The molecule has 2 unspecified atom stereocenters. The van der Waals surface area contributed by atoms with E-state index in [-0.39, 0.29) is 17.4 Å². The number of rotatable bonds is 2. The molecule has 0 aromatic carbocycles. The number of halogens is 1. The van der Waals surface area contributed by atoms with Gasteiger partial charge in [0.15, 0.2) is 9.84 Å². The molecule has 0 bridgehead atoms. The average molecular weight is 309 g/mol. The van der Waals surface area contributed by atoms with Crippen molar-refractivity contribution in [3.8, 4) is 0 Å². The summed E-state index contributed by atoms with van der Waals surface area (Å²) in [5, 5.41) is 14.2. The minimum absolute atomic E-state index is 0.0613. The third kappa shape index (κ3) is 2.16. The van der Waals surface area contributed by atoms with E-state index in [1.165, 1.54) is 0 Å². The Labute approximate surface area is 103 Å². The first-order valence-corrected chi connectivity index (χ1v) is 7.58. The Morgan fingerprint density at radius 2 is 2.38 bits per heavy atom.